The minimum atomic E-state index is -0.230. The Morgan fingerprint density at radius 1 is 1.30 bits per heavy atom. The zero-order valence-corrected chi connectivity index (χ0v) is 13.3. The second-order valence-electron chi connectivity index (χ2n) is 5.75. The van der Waals surface area contributed by atoms with E-state index in [1.165, 1.54) is 5.56 Å². The minimum Gasteiger partial charge on any atom is -0.398 e. The zero-order chi connectivity index (χ0) is 16.9. The summed E-state index contributed by atoms with van der Waals surface area (Å²) >= 11 is 0. The molecule has 1 saturated carbocycles. The summed E-state index contributed by atoms with van der Waals surface area (Å²) in [5, 5.41) is 11.4. The maximum Gasteiger partial charge on any atom is 0.211 e. The Labute approximate surface area is 136 Å². The first kappa shape index (κ1) is 16.5. The molecule has 0 saturated heterocycles. The van der Waals surface area contributed by atoms with Gasteiger partial charge in [-0.1, -0.05) is 6.07 Å². The number of carbonyl (C=O) groups is 1. The van der Waals surface area contributed by atoms with E-state index in [9.17, 15) is 4.79 Å². The minimum absolute atomic E-state index is 0.230. The molecule has 1 heterocycles. The predicted molar refractivity (Wildman–Crippen MR) is 90.8 cm³/mol. The molecule has 1 aliphatic carbocycles. The quantitative estimate of drug-likeness (QED) is 0.673. The Balaban J connectivity index is 0.000000168. The summed E-state index contributed by atoms with van der Waals surface area (Å²) in [6, 6.07) is 11.7. The van der Waals surface area contributed by atoms with E-state index in [0.717, 1.165) is 29.8 Å². The maximum atomic E-state index is 10.0. The van der Waals surface area contributed by atoms with Gasteiger partial charge in [0.2, 0.25) is 6.41 Å². The number of nitrogen functional groups attached to an aromatic ring is 1. The van der Waals surface area contributed by atoms with Gasteiger partial charge >= 0.3 is 0 Å². The fourth-order valence-corrected chi connectivity index (χ4v) is 2.15. The van der Waals surface area contributed by atoms with E-state index in [1.807, 2.05) is 32.0 Å². The fourth-order valence-electron chi connectivity index (χ4n) is 2.15. The standard InChI is InChI=1S/C10H10N2.C8H10N2O/c1-8-2-5-12-9(6-8)10(7-11)3-4-10;1-6-2-3-7(10-5-11)4-8(6)9/h2,5-6H,3-4H2,1H3;2-5H,9H2,1H3,(H,10,11). The molecular weight excluding hydrogens is 288 g/mol. The van der Waals surface area contributed by atoms with Crippen LogP contribution >= 0.6 is 0 Å². The number of pyridine rings is 1. The largest absolute Gasteiger partial charge is 0.398 e. The number of amides is 1. The molecule has 0 radical (unpaired) electrons. The van der Waals surface area contributed by atoms with Gasteiger partial charge in [0.25, 0.3) is 0 Å². The molecule has 0 atom stereocenters. The van der Waals surface area contributed by atoms with Gasteiger partial charge < -0.3 is 11.1 Å². The normalized spacial score (nSPS) is 14.0. The smallest absolute Gasteiger partial charge is 0.211 e. The number of hydrogen-bond acceptors (Lipinski definition) is 4. The molecule has 0 bridgehead atoms. The number of anilines is 2. The molecule has 0 aliphatic heterocycles. The molecule has 1 amide bonds. The number of aromatic nitrogens is 1. The van der Waals surface area contributed by atoms with Gasteiger partial charge in [0.15, 0.2) is 0 Å². The molecule has 1 aliphatic rings. The van der Waals surface area contributed by atoms with Gasteiger partial charge in [-0.2, -0.15) is 5.26 Å². The highest BCUT2D eigenvalue weighted by atomic mass is 16.1. The molecule has 1 fully saturated rings. The lowest BCUT2D eigenvalue weighted by Crippen LogP contribution is -2.05. The van der Waals surface area contributed by atoms with Gasteiger partial charge in [-0.3, -0.25) is 9.78 Å². The van der Waals surface area contributed by atoms with Crippen molar-refractivity contribution in [3.63, 3.8) is 0 Å². The first-order valence-electron chi connectivity index (χ1n) is 7.41. The van der Waals surface area contributed by atoms with E-state index in [1.54, 1.807) is 18.3 Å². The molecule has 5 heteroatoms. The van der Waals surface area contributed by atoms with Crippen molar-refractivity contribution < 1.29 is 4.79 Å². The van der Waals surface area contributed by atoms with E-state index in [-0.39, 0.29) is 5.41 Å². The van der Waals surface area contributed by atoms with Crippen molar-refractivity contribution >= 4 is 17.8 Å². The molecular formula is C18H20N4O. The first-order chi connectivity index (χ1) is 11.0. The number of benzene rings is 1. The molecule has 23 heavy (non-hydrogen) atoms. The molecule has 0 unspecified atom stereocenters. The molecule has 0 spiro atoms. The molecule has 2 aromatic rings. The van der Waals surface area contributed by atoms with Crippen molar-refractivity contribution in [3.05, 3.63) is 53.3 Å². The van der Waals surface area contributed by atoms with Crippen molar-refractivity contribution in [2.45, 2.75) is 32.1 Å². The van der Waals surface area contributed by atoms with Crippen LogP contribution in [0.2, 0.25) is 0 Å². The van der Waals surface area contributed by atoms with Gasteiger partial charge in [-0.05, 0) is 62.1 Å². The van der Waals surface area contributed by atoms with E-state index in [4.69, 9.17) is 11.0 Å². The average Bonchev–Trinajstić information content (AvgIpc) is 3.33. The van der Waals surface area contributed by atoms with Crippen LogP contribution in [-0.2, 0) is 10.2 Å². The van der Waals surface area contributed by atoms with Crippen LogP contribution in [0.15, 0.2) is 36.5 Å². The zero-order valence-electron chi connectivity index (χ0n) is 13.3. The van der Waals surface area contributed by atoms with Crippen molar-refractivity contribution in [1.29, 1.82) is 5.26 Å². The highest BCUT2D eigenvalue weighted by Crippen LogP contribution is 2.46. The highest BCUT2D eigenvalue weighted by molar-refractivity contribution is 5.73. The number of nitrogens with one attached hydrogen (secondary N) is 1. The fraction of sp³-hybridized carbons (Fsp3) is 0.278. The van der Waals surface area contributed by atoms with Crippen molar-refractivity contribution in [2.24, 2.45) is 0 Å². The van der Waals surface area contributed by atoms with Crippen LogP contribution in [-0.4, -0.2) is 11.4 Å². The molecule has 3 rings (SSSR count). The number of rotatable bonds is 3. The highest BCUT2D eigenvalue weighted by Gasteiger charge is 2.46. The van der Waals surface area contributed by atoms with Gasteiger partial charge in [-0.25, -0.2) is 0 Å². The lowest BCUT2D eigenvalue weighted by molar-refractivity contribution is -0.105. The molecule has 1 aromatic heterocycles. The average molecular weight is 308 g/mol. The van der Waals surface area contributed by atoms with Crippen molar-refractivity contribution in [1.82, 2.24) is 4.98 Å². The van der Waals surface area contributed by atoms with Gasteiger partial charge in [0.05, 0.1) is 17.2 Å². The van der Waals surface area contributed by atoms with Crippen molar-refractivity contribution in [2.75, 3.05) is 11.1 Å². The van der Waals surface area contributed by atoms with E-state index in [0.29, 0.717) is 12.1 Å². The van der Waals surface area contributed by atoms with Crippen LogP contribution < -0.4 is 11.1 Å². The summed E-state index contributed by atoms with van der Waals surface area (Å²) < 4.78 is 0. The first-order valence-corrected chi connectivity index (χ1v) is 7.41. The third kappa shape index (κ3) is 4.07. The molecule has 5 nitrogen and oxygen atoms in total. The van der Waals surface area contributed by atoms with Crippen LogP contribution in [0.4, 0.5) is 11.4 Å². The molecule has 1 aromatic carbocycles. The van der Waals surface area contributed by atoms with Gasteiger partial charge in [-0.15, -0.1) is 0 Å². The van der Waals surface area contributed by atoms with Crippen molar-refractivity contribution in [3.8, 4) is 6.07 Å². The number of carbonyl (C=O) groups excluding carboxylic acids is 1. The third-order valence-electron chi connectivity index (χ3n) is 3.87. The number of nitrogens with two attached hydrogens (primary N) is 1. The summed E-state index contributed by atoms with van der Waals surface area (Å²) in [6.45, 7) is 3.94. The SMILES string of the molecule is Cc1ccc(NC=O)cc1N.Cc1ccnc(C2(C#N)CC2)c1. The van der Waals surface area contributed by atoms with Gasteiger partial charge in [0, 0.05) is 17.6 Å². The lowest BCUT2D eigenvalue weighted by atomic mass is 10.0. The van der Waals surface area contributed by atoms with Crippen LogP contribution in [0.3, 0.4) is 0 Å². The van der Waals surface area contributed by atoms with E-state index >= 15 is 0 Å². The Bertz CT molecular complexity index is 745. The second kappa shape index (κ2) is 6.93. The van der Waals surface area contributed by atoms with E-state index < -0.39 is 0 Å². The number of aryl methyl sites for hydroxylation is 2. The van der Waals surface area contributed by atoms with E-state index in [2.05, 4.69) is 16.4 Å². The third-order valence-corrected chi connectivity index (χ3v) is 3.87. The topological polar surface area (TPSA) is 91.8 Å². The maximum absolute atomic E-state index is 10.0. The van der Waals surface area contributed by atoms with Crippen LogP contribution in [0.25, 0.3) is 0 Å². The number of hydrogen-bond donors (Lipinski definition) is 2. The summed E-state index contributed by atoms with van der Waals surface area (Å²) in [6.07, 6.45) is 4.35. The van der Waals surface area contributed by atoms with Crippen LogP contribution in [0.5, 0.6) is 0 Å². The summed E-state index contributed by atoms with van der Waals surface area (Å²) in [4.78, 5) is 14.2. The Hall–Kier alpha value is -2.87. The Kier molecular flexibility index (Phi) is 4.97. The monoisotopic (exact) mass is 308 g/mol. The van der Waals surface area contributed by atoms with Gasteiger partial charge in [0.1, 0.15) is 0 Å². The number of nitrogens with zero attached hydrogens (tertiary/aromatic N) is 2. The molecule has 118 valence electrons. The summed E-state index contributed by atoms with van der Waals surface area (Å²) in [7, 11) is 0. The molecule has 3 N–H and O–H groups in total. The second-order valence-corrected chi connectivity index (χ2v) is 5.75. The number of nitriles is 1. The Morgan fingerprint density at radius 2 is 2.04 bits per heavy atom. The summed E-state index contributed by atoms with van der Waals surface area (Å²) in [5.74, 6) is 0. The lowest BCUT2D eigenvalue weighted by Gasteiger charge is -2.04. The van der Waals surface area contributed by atoms with Crippen LogP contribution in [0.1, 0.15) is 29.7 Å². The predicted octanol–water partition coefficient (Wildman–Crippen LogP) is 3.09. The summed E-state index contributed by atoms with van der Waals surface area (Å²) in [5.41, 5.74) is 9.93. The van der Waals surface area contributed by atoms with Crippen LogP contribution in [0, 0.1) is 25.2 Å². The Morgan fingerprint density at radius 3 is 2.57 bits per heavy atom.